The van der Waals surface area contributed by atoms with Crippen molar-refractivity contribution in [1.29, 1.82) is 0 Å². The lowest BCUT2D eigenvalue weighted by Gasteiger charge is -2.36. The van der Waals surface area contributed by atoms with Crippen LogP contribution in [-0.4, -0.2) is 23.9 Å². The first-order chi connectivity index (χ1) is 7.22. The Kier molecular flexibility index (Phi) is 3.13. The fraction of sp³-hybridized carbons (Fsp3) is 0.769. The number of fused-ring (bicyclic) bond motifs is 1. The van der Waals surface area contributed by atoms with E-state index in [2.05, 4.69) is 6.58 Å². The number of carbonyl (C=O) groups is 1. The van der Waals surface area contributed by atoms with E-state index in [-0.39, 0.29) is 5.91 Å². The van der Waals surface area contributed by atoms with Crippen LogP contribution in [0.5, 0.6) is 0 Å². The summed E-state index contributed by atoms with van der Waals surface area (Å²) in [6.45, 7) is 3.55. The Hall–Kier alpha value is -0.790. The molecule has 0 N–H and O–H groups in total. The zero-order valence-electron chi connectivity index (χ0n) is 9.61. The number of hydrogen-bond donors (Lipinski definition) is 0. The summed E-state index contributed by atoms with van der Waals surface area (Å²) in [5.41, 5.74) is 0. The van der Waals surface area contributed by atoms with Gasteiger partial charge in [-0.2, -0.15) is 0 Å². The van der Waals surface area contributed by atoms with Crippen molar-refractivity contribution in [3.05, 3.63) is 12.7 Å². The topological polar surface area (TPSA) is 20.3 Å². The maximum absolute atomic E-state index is 11.5. The minimum absolute atomic E-state index is 0.0800. The van der Waals surface area contributed by atoms with Gasteiger partial charge >= 0.3 is 0 Å². The Morgan fingerprint density at radius 2 is 2.00 bits per heavy atom. The van der Waals surface area contributed by atoms with Crippen LogP contribution in [0.3, 0.4) is 0 Å². The zero-order valence-corrected chi connectivity index (χ0v) is 9.61. The molecular formula is C13H21NO. The molecule has 2 saturated carbocycles. The van der Waals surface area contributed by atoms with Crippen molar-refractivity contribution in [3.63, 3.8) is 0 Å². The van der Waals surface area contributed by atoms with Gasteiger partial charge in [-0.25, -0.2) is 0 Å². The van der Waals surface area contributed by atoms with E-state index >= 15 is 0 Å². The van der Waals surface area contributed by atoms with Crippen molar-refractivity contribution in [2.45, 2.75) is 44.6 Å². The third-order valence-corrected chi connectivity index (χ3v) is 4.33. The largest absolute Gasteiger partial charge is 0.339 e. The van der Waals surface area contributed by atoms with E-state index in [0.717, 1.165) is 11.8 Å². The third-order valence-electron chi connectivity index (χ3n) is 4.33. The Bertz CT molecular complexity index is 261. The summed E-state index contributed by atoms with van der Waals surface area (Å²) in [6, 6.07) is 0.467. The second kappa shape index (κ2) is 4.38. The number of hydrogen-bond acceptors (Lipinski definition) is 1. The van der Waals surface area contributed by atoms with E-state index in [1.807, 2.05) is 11.9 Å². The van der Waals surface area contributed by atoms with Crippen LogP contribution in [0.25, 0.3) is 0 Å². The lowest BCUT2D eigenvalue weighted by Crippen LogP contribution is -2.40. The molecule has 1 amide bonds. The SMILES string of the molecule is C=CC(=O)N(C)C1CCC2CCCC2C1. The predicted molar refractivity (Wildman–Crippen MR) is 61.4 cm³/mol. The highest BCUT2D eigenvalue weighted by Crippen LogP contribution is 2.43. The van der Waals surface area contributed by atoms with Gasteiger partial charge in [0.05, 0.1) is 0 Å². The second-order valence-corrected chi connectivity index (χ2v) is 5.07. The molecule has 0 aromatic carbocycles. The van der Waals surface area contributed by atoms with Crippen molar-refractivity contribution >= 4 is 5.91 Å². The highest BCUT2D eigenvalue weighted by molar-refractivity contribution is 5.87. The molecule has 2 aliphatic carbocycles. The van der Waals surface area contributed by atoms with Gasteiger partial charge in [0.1, 0.15) is 0 Å². The molecule has 0 aliphatic heterocycles. The normalized spacial score (nSPS) is 34.6. The van der Waals surface area contributed by atoms with Gasteiger partial charge in [0.15, 0.2) is 0 Å². The summed E-state index contributed by atoms with van der Waals surface area (Å²) in [5.74, 6) is 1.94. The fourth-order valence-electron chi connectivity index (χ4n) is 3.35. The Morgan fingerprint density at radius 1 is 1.27 bits per heavy atom. The van der Waals surface area contributed by atoms with Crippen molar-refractivity contribution in [2.24, 2.45) is 11.8 Å². The van der Waals surface area contributed by atoms with Gasteiger partial charge in [0.25, 0.3) is 0 Å². The van der Waals surface area contributed by atoms with Crippen LogP contribution in [0.2, 0.25) is 0 Å². The molecule has 3 unspecified atom stereocenters. The molecule has 15 heavy (non-hydrogen) atoms. The molecule has 0 saturated heterocycles. The molecule has 2 aliphatic rings. The van der Waals surface area contributed by atoms with Crippen LogP contribution in [0.4, 0.5) is 0 Å². The van der Waals surface area contributed by atoms with E-state index in [4.69, 9.17) is 0 Å². The standard InChI is InChI=1S/C13H21NO/c1-3-13(15)14(2)12-8-7-10-5-4-6-11(10)9-12/h3,10-12H,1,4-9H2,2H3. The summed E-state index contributed by atoms with van der Waals surface area (Å²) >= 11 is 0. The number of amides is 1. The van der Waals surface area contributed by atoms with Crippen LogP contribution < -0.4 is 0 Å². The molecule has 84 valence electrons. The van der Waals surface area contributed by atoms with Crippen LogP contribution in [0.1, 0.15) is 38.5 Å². The summed E-state index contributed by atoms with van der Waals surface area (Å²) in [6.07, 6.45) is 9.39. The number of rotatable bonds is 2. The maximum atomic E-state index is 11.5. The third kappa shape index (κ3) is 2.09. The van der Waals surface area contributed by atoms with Crippen LogP contribution in [-0.2, 0) is 4.79 Å². The molecule has 0 aromatic rings. The summed E-state index contributed by atoms with van der Waals surface area (Å²) in [5, 5.41) is 0. The summed E-state index contributed by atoms with van der Waals surface area (Å²) < 4.78 is 0. The Balaban J connectivity index is 1.94. The Labute approximate surface area is 92.3 Å². The second-order valence-electron chi connectivity index (χ2n) is 5.07. The monoisotopic (exact) mass is 207 g/mol. The zero-order chi connectivity index (χ0) is 10.8. The molecule has 0 radical (unpaired) electrons. The lowest BCUT2D eigenvalue weighted by atomic mass is 9.78. The van der Waals surface area contributed by atoms with Gasteiger partial charge in [0.2, 0.25) is 5.91 Å². The number of likely N-dealkylation sites (N-methyl/N-ethyl adjacent to an activating group) is 1. The average Bonchev–Trinajstić information content (AvgIpc) is 2.73. The quantitative estimate of drug-likeness (QED) is 0.637. The van der Waals surface area contributed by atoms with Gasteiger partial charge in [-0.05, 0) is 37.2 Å². The van der Waals surface area contributed by atoms with Gasteiger partial charge < -0.3 is 4.90 Å². The molecular weight excluding hydrogens is 186 g/mol. The minimum Gasteiger partial charge on any atom is -0.339 e. The maximum Gasteiger partial charge on any atom is 0.245 e. The summed E-state index contributed by atoms with van der Waals surface area (Å²) in [4.78, 5) is 13.4. The first-order valence-corrected chi connectivity index (χ1v) is 6.11. The van der Waals surface area contributed by atoms with Gasteiger partial charge in [-0.1, -0.05) is 25.8 Å². The molecule has 0 aromatic heterocycles. The van der Waals surface area contributed by atoms with Crippen molar-refractivity contribution in [3.8, 4) is 0 Å². The highest BCUT2D eigenvalue weighted by atomic mass is 16.2. The predicted octanol–water partition coefficient (Wildman–Crippen LogP) is 2.60. The first-order valence-electron chi connectivity index (χ1n) is 6.11. The van der Waals surface area contributed by atoms with Crippen molar-refractivity contribution in [2.75, 3.05) is 7.05 Å². The van der Waals surface area contributed by atoms with E-state index < -0.39 is 0 Å². The minimum atomic E-state index is 0.0800. The Morgan fingerprint density at radius 3 is 2.73 bits per heavy atom. The molecule has 0 bridgehead atoms. The van der Waals surface area contributed by atoms with E-state index in [1.165, 1.54) is 44.6 Å². The van der Waals surface area contributed by atoms with Gasteiger partial charge in [-0.15, -0.1) is 0 Å². The van der Waals surface area contributed by atoms with Crippen LogP contribution in [0, 0.1) is 11.8 Å². The van der Waals surface area contributed by atoms with Crippen molar-refractivity contribution in [1.82, 2.24) is 4.90 Å². The van der Waals surface area contributed by atoms with E-state index in [0.29, 0.717) is 6.04 Å². The first kappa shape index (κ1) is 10.7. The van der Waals surface area contributed by atoms with E-state index in [9.17, 15) is 4.79 Å². The summed E-state index contributed by atoms with van der Waals surface area (Å²) in [7, 11) is 1.92. The molecule has 2 fully saturated rings. The van der Waals surface area contributed by atoms with Gasteiger partial charge in [0, 0.05) is 13.1 Å². The van der Waals surface area contributed by atoms with Crippen LogP contribution in [0.15, 0.2) is 12.7 Å². The van der Waals surface area contributed by atoms with Gasteiger partial charge in [-0.3, -0.25) is 4.79 Å². The molecule has 0 heterocycles. The fourth-order valence-corrected chi connectivity index (χ4v) is 3.35. The molecule has 0 spiro atoms. The number of carbonyl (C=O) groups excluding carboxylic acids is 1. The van der Waals surface area contributed by atoms with Crippen LogP contribution >= 0.6 is 0 Å². The van der Waals surface area contributed by atoms with E-state index in [1.54, 1.807) is 0 Å². The molecule has 2 nitrogen and oxygen atoms in total. The lowest BCUT2D eigenvalue weighted by molar-refractivity contribution is -0.127. The highest BCUT2D eigenvalue weighted by Gasteiger charge is 2.35. The molecule has 2 rings (SSSR count). The molecule has 3 atom stereocenters. The number of nitrogens with zero attached hydrogens (tertiary/aromatic N) is 1. The smallest absolute Gasteiger partial charge is 0.245 e. The average molecular weight is 207 g/mol. The molecule has 2 heteroatoms. The van der Waals surface area contributed by atoms with Crippen molar-refractivity contribution < 1.29 is 4.79 Å².